The maximum atomic E-state index is 12.9. The van der Waals surface area contributed by atoms with E-state index in [0.717, 1.165) is 17.7 Å². The van der Waals surface area contributed by atoms with E-state index in [1.807, 2.05) is 18.2 Å². The molecule has 1 aliphatic heterocycles. The van der Waals surface area contributed by atoms with Gasteiger partial charge in [0.05, 0.1) is 6.61 Å². The maximum Gasteiger partial charge on any atom is 0.123 e. The van der Waals surface area contributed by atoms with Crippen LogP contribution < -0.4 is 16.0 Å². The minimum Gasteiger partial charge on any atom is -0.493 e. The lowest BCUT2D eigenvalue weighted by atomic mass is 9.89. The average Bonchev–Trinajstić information content (AvgIpc) is 2.91. The van der Waals surface area contributed by atoms with E-state index in [1.54, 1.807) is 12.1 Å². The van der Waals surface area contributed by atoms with Crippen LogP contribution in [0.15, 0.2) is 48.5 Å². The van der Waals surface area contributed by atoms with Crippen LogP contribution >= 0.6 is 0 Å². The molecule has 0 aromatic heterocycles. The third kappa shape index (κ3) is 2.53. The Kier molecular flexibility index (Phi) is 3.67. The molecule has 0 fully saturated rings. The average molecular weight is 272 g/mol. The van der Waals surface area contributed by atoms with Gasteiger partial charge in [-0.15, -0.1) is 0 Å². The molecule has 4 heteroatoms. The van der Waals surface area contributed by atoms with Crippen molar-refractivity contribution in [2.24, 2.45) is 5.84 Å². The van der Waals surface area contributed by atoms with E-state index >= 15 is 0 Å². The van der Waals surface area contributed by atoms with Gasteiger partial charge in [0.15, 0.2) is 0 Å². The van der Waals surface area contributed by atoms with Crippen molar-refractivity contribution >= 4 is 0 Å². The van der Waals surface area contributed by atoms with E-state index in [2.05, 4.69) is 11.5 Å². The van der Waals surface area contributed by atoms with Crippen molar-refractivity contribution in [2.75, 3.05) is 6.61 Å². The first-order chi connectivity index (χ1) is 9.78. The normalized spacial score (nSPS) is 18.4. The number of nitrogens with one attached hydrogen (secondary N) is 1. The molecule has 1 aliphatic rings. The molecular weight excluding hydrogens is 255 g/mol. The Labute approximate surface area is 117 Å². The number of halogens is 1. The van der Waals surface area contributed by atoms with Crippen LogP contribution in [-0.4, -0.2) is 12.6 Å². The van der Waals surface area contributed by atoms with E-state index in [0.29, 0.717) is 6.61 Å². The molecule has 2 aromatic carbocycles. The lowest BCUT2D eigenvalue weighted by Gasteiger charge is -2.22. The van der Waals surface area contributed by atoms with Crippen molar-refractivity contribution in [1.82, 2.24) is 5.43 Å². The first-order valence-corrected chi connectivity index (χ1v) is 6.70. The van der Waals surface area contributed by atoms with Gasteiger partial charge in [0.1, 0.15) is 11.6 Å². The van der Waals surface area contributed by atoms with Crippen LogP contribution in [0.2, 0.25) is 0 Å². The number of benzene rings is 2. The molecule has 2 unspecified atom stereocenters. The molecule has 0 saturated carbocycles. The Hall–Kier alpha value is -1.91. The molecule has 1 heterocycles. The molecule has 20 heavy (non-hydrogen) atoms. The molecule has 3 N–H and O–H groups in total. The van der Waals surface area contributed by atoms with Crippen LogP contribution in [-0.2, 0) is 6.42 Å². The van der Waals surface area contributed by atoms with Crippen molar-refractivity contribution < 1.29 is 9.13 Å². The van der Waals surface area contributed by atoms with Crippen LogP contribution in [0.4, 0.5) is 4.39 Å². The second kappa shape index (κ2) is 5.61. The summed E-state index contributed by atoms with van der Waals surface area (Å²) < 4.78 is 18.6. The topological polar surface area (TPSA) is 47.3 Å². The molecule has 0 bridgehead atoms. The third-order valence-corrected chi connectivity index (χ3v) is 3.81. The number of rotatable bonds is 4. The zero-order valence-electron chi connectivity index (χ0n) is 11.1. The van der Waals surface area contributed by atoms with Gasteiger partial charge in [0, 0.05) is 17.5 Å². The largest absolute Gasteiger partial charge is 0.493 e. The monoisotopic (exact) mass is 272 g/mol. The highest BCUT2D eigenvalue weighted by molar-refractivity contribution is 5.41. The van der Waals surface area contributed by atoms with Gasteiger partial charge in [-0.05, 0) is 30.2 Å². The second-order valence-corrected chi connectivity index (χ2v) is 5.06. The van der Waals surface area contributed by atoms with Gasteiger partial charge in [-0.3, -0.25) is 11.3 Å². The van der Waals surface area contributed by atoms with Crippen LogP contribution in [0.1, 0.15) is 17.0 Å². The summed E-state index contributed by atoms with van der Waals surface area (Å²) in [6.45, 7) is 0.620. The van der Waals surface area contributed by atoms with Gasteiger partial charge in [-0.2, -0.15) is 0 Å². The molecule has 3 rings (SSSR count). The summed E-state index contributed by atoms with van der Waals surface area (Å²) in [5.41, 5.74) is 5.11. The Bertz CT molecular complexity index is 585. The number of nitrogens with two attached hydrogens (primary N) is 1. The van der Waals surface area contributed by atoms with Gasteiger partial charge in [0.2, 0.25) is 0 Å². The fourth-order valence-corrected chi connectivity index (χ4v) is 2.71. The number of hydrogen-bond donors (Lipinski definition) is 2. The van der Waals surface area contributed by atoms with Gasteiger partial charge in [-0.1, -0.05) is 30.3 Å². The Balaban J connectivity index is 1.79. The molecule has 0 aliphatic carbocycles. The molecule has 0 amide bonds. The standard InChI is InChI=1S/C16H17FN2O/c17-12-7-5-11(6-8-12)9-15(19-18)14-10-20-16-4-2-1-3-13(14)16/h1-8,14-15,19H,9-10,18H2. The van der Waals surface area contributed by atoms with Crippen LogP contribution in [0.3, 0.4) is 0 Å². The van der Waals surface area contributed by atoms with Crippen LogP contribution in [0.5, 0.6) is 5.75 Å². The zero-order chi connectivity index (χ0) is 13.9. The predicted octanol–water partition coefficient (Wildman–Crippen LogP) is 2.38. The van der Waals surface area contributed by atoms with Crippen molar-refractivity contribution in [2.45, 2.75) is 18.4 Å². The molecular formula is C16H17FN2O. The van der Waals surface area contributed by atoms with E-state index in [4.69, 9.17) is 10.6 Å². The van der Waals surface area contributed by atoms with E-state index < -0.39 is 0 Å². The van der Waals surface area contributed by atoms with E-state index in [-0.39, 0.29) is 17.8 Å². The van der Waals surface area contributed by atoms with E-state index in [1.165, 1.54) is 17.7 Å². The summed E-state index contributed by atoms with van der Waals surface area (Å²) in [4.78, 5) is 0. The summed E-state index contributed by atoms with van der Waals surface area (Å²) >= 11 is 0. The summed E-state index contributed by atoms with van der Waals surface area (Å²) in [5, 5.41) is 0. The summed E-state index contributed by atoms with van der Waals surface area (Å²) in [6.07, 6.45) is 0.735. The minimum atomic E-state index is -0.222. The highest BCUT2D eigenvalue weighted by Gasteiger charge is 2.30. The summed E-state index contributed by atoms with van der Waals surface area (Å²) in [6, 6.07) is 14.6. The first-order valence-electron chi connectivity index (χ1n) is 6.70. The Morgan fingerprint density at radius 1 is 1.20 bits per heavy atom. The smallest absolute Gasteiger partial charge is 0.123 e. The summed E-state index contributed by atoms with van der Waals surface area (Å²) in [5.74, 6) is 6.62. The number of para-hydroxylation sites is 1. The molecule has 3 nitrogen and oxygen atoms in total. The number of fused-ring (bicyclic) bond motifs is 1. The van der Waals surface area contributed by atoms with Crippen molar-refractivity contribution in [3.63, 3.8) is 0 Å². The van der Waals surface area contributed by atoms with Gasteiger partial charge in [0.25, 0.3) is 0 Å². The Morgan fingerprint density at radius 2 is 1.95 bits per heavy atom. The van der Waals surface area contributed by atoms with Crippen molar-refractivity contribution in [1.29, 1.82) is 0 Å². The predicted molar refractivity (Wildman–Crippen MR) is 75.9 cm³/mol. The Morgan fingerprint density at radius 3 is 2.70 bits per heavy atom. The molecule has 0 radical (unpaired) electrons. The third-order valence-electron chi connectivity index (χ3n) is 3.81. The number of ether oxygens (including phenoxy) is 1. The van der Waals surface area contributed by atoms with Crippen LogP contribution in [0, 0.1) is 5.82 Å². The zero-order valence-corrected chi connectivity index (χ0v) is 11.1. The van der Waals surface area contributed by atoms with Crippen molar-refractivity contribution in [3.8, 4) is 5.75 Å². The van der Waals surface area contributed by atoms with Crippen molar-refractivity contribution in [3.05, 3.63) is 65.5 Å². The van der Waals surface area contributed by atoms with Gasteiger partial charge < -0.3 is 4.74 Å². The molecule has 104 valence electrons. The quantitative estimate of drug-likeness (QED) is 0.663. The molecule has 2 atom stereocenters. The highest BCUT2D eigenvalue weighted by Crippen LogP contribution is 2.36. The number of hydrogen-bond acceptors (Lipinski definition) is 3. The van der Waals surface area contributed by atoms with Gasteiger partial charge in [-0.25, -0.2) is 4.39 Å². The molecule has 0 saturated heterocycles. The first kappa shape index (κ1) is 13.1. The summed E-state index contributed by atoms with van der Waals surface area (Å²) in [7, 11) is 0. The maximum absolute atomic E-state index is 12.9. The van der Waals surface area contributed by atoms with E-state index in [9.17, 15) is 4.39 Å². The lowest BCUT2D eigenvalue weighted by molar-refractivity contribution is 0.297. The molecule has 0 spiro atoms. The number of hydrazine groups is 1. The van der Waals surface area contributed by atoms with Crippen LogP contribution in [0.25, 0.3) is 0 Å². The highest BCUT2D eigenvalue weighted by atomic mass is 19.1. The second-order valence-electron chi connectivity index (χ2n) is 5.06. The minimum absolute atomic E-state index is 0.0594. The lowest BCUT2D eigenvalue weighted by Crippen LogP contribution is -2.42. The molecule has 2 aromatic rings. The SMILES string of the molecule is NNC(Cc1ccc(F)cc1)C1COc2ccccc21. The fourth-order valence-electron chi connectivity index (χ4n) is 2.71. The van der Waals surface area contributed by atoms with Gasteiger partial charge >= 0.3 is 0 Å². The fraction of sp³-hybridized carbons (Fsp3) is 0.250.